The number of benzene rings is 2. The third kappa shape index (κ3) is 5.14. The number of hydrogen-bond donors (Lipinski definition) is 3. The van der Waals surface area contributed by atoms with Crippen LogP contribution < -0.4 is 20.6 Å². The van der Waals surface area contributed by atoms with E-state index in [1.54, 1.807) is 31.4 Å². The fourth-order valence-corrected chi connectivity index (χ4v) is 3.40. The van der Waals surface area contributed by atoms with Crippen LogP contribution in [0.1, 0.15) is 18.9 Å². The fourth-order valence-electron chi connectivity index (χ4n) is 3.40. The molecule has 1 atom stereocenters. The summed E-state index contributed by atoms with van der Waals surface area (Å²) in [6, 6.07) is 13.4. The van der Waals surface area contributed by atoms with Crippen molar-refractivity contribution in [1.29, 1.82) is 0 Å². The van der Waals surface area contributed by atoms with Gasteiger partial charge in [-0.05, 0) is 30.7 Å². The fraction of sp³-hybridized carbons (Fsp3) is 0.273. The molecule has 0 aliphatic carbocycles. The van der Waals surface area contributed by atoms with Crippen LogP contribution in [0.4, 0.5) is 5.69 Å². The molecule has 1 heterocycles. The van der Waals surface area contributed by atoms with Crippen LogP contribution in [-0.4, -0.2) is 31.2 Å². The Labute approximate surface area is 168 Å². The van der Waals surface area contributed by atoms with Crippen molar-refractivity contribution in [3.05, 3.63) is 64.5 Å². The van der Waals surface area contributed by atoms with Gasteiger partial charge in [-0.2, -0.15) is 0 Å². The van der Waals surface area contributed by atoms with Gasteiger partial charge in [0.25, 0.3) is 5.91 Å². The minimum absolute atomic E-state index is 0.0340. The normalized spacial score (nSPS) is 11.9. The van der Waals surface area contributed by atoms with E-state index in [1.807, 2.05) is 19.1 Å². The summed E-state index contributed by atoms with van der Waals surface area (Å²) in [6.45, 7) is 3.54. The van der Waals surface area contributed by atoms with Crippen molar-refractivity contribution < 1.29 is 24.0 Å². The lowest BCUT2D eigenvalue weighted by molar-refractivity contribution is -0.905. The lowest BCUT2D eigenvalue weighted by atomic mass is 10.1. The molecule has 3 aromatic rings. The summed E-state index contributed by atoms with van der Waals surface area (Å²) < 4.78 is 10.5. The number of methoxy groups -OCH3 is 1. The second-order valence-corrected chi connectivity index (χ2v) is 6.87. The Balaban J connectivity index is 1.79. The Morgan fingerprint density at radius 2 is 2.00 bits per heavy atom. The molecule has 1 unspecified atom stereocenters. The molecule has 29 heavy (non-hydrogen) atoms. The lowest BCUT2D eigenvalue weighted by Crippen LogP contribution is -3.11. The van der Waals surface area contributed by atoms with Crippen LogP contribution in [0.3, 0.4) is 0 Å². The van der Waals surface area contributed by atoms with E-state index in [-0.39, 0.29) is 18.2 Å². The smallest absolute Gasteiger partial charge is 0.336 e. The van der Waals surface area contributed by atoms with E-state index >= 15 is 0 Å². The van der Waals surface area contributed by atoms with Gasteiger partial charge in [-0.15, -0.1) is 0 Å². The number of carbonyl (C=O) groups is 1. The van der Waals surface area contributed by atoms with E-state index in [0.29, 0.717) is 23.6 Å². The zero-order valence-corrected chi connectivity index (χ0v) is 16.5. The summed E-state index contributed by atoms with van der Waals surface area (Å²) >= 11 is 0. The van der Waals surface area contributed by atoms with Crippen molar-refractivity contribution in [2.45, 2.75) is 19.9 Å². The lowest BCUT2D eigenvalue weighted by Gasteiger charge is -2.19. The molecule has 0 bridgehead atoms. The monoisotopic (exact) mass is 397 g/mol. The molecule has 7 nitrogen and oxygen atoms in total. The first-order valence-corrected chi connectivity index (χ1v) is 9.52. The number of amides is 1. The first-order valence-electron chi connectivity index (χ1n) is 9.52. The number of rotatable bonds is 8. The van der Waals surface area contributed by atoms with Crippen LogP contribution in [0.2, 0.25) is 0 Å². The van der Waals surface area contributed by atoms with Crippen molar-refractivity contribution in [3.63, 3.8) is 0 Å². The number of ether oxygens (including phenoxy) is 1. The number of anilines is 1. The Kier molecular flexibility index (Phi) is 6.51. The van der Waals surface area contributed by atoms with Crippen LogP contribution >= 0.6 is 0 Å². The molecule has 0 saturated heterocycles. The van der Waals surface area contributed by atoms with Gasteiger partial charge in [0.15, 0.2) is 6.54 Å². The van der Waals surface area contributed by atoms with Gasteiger partial charge in [0.1, 0.15) is 23.6 Å². The van der Waals surface area contributed by atoms with Gasteiger partial charge in [-0.25, -0.2) is 4.79 Å². The highest BCUT2D eigenvalue weighted by Crippen LogP contribution is 2.23. The first kappa shape index (κ1) is 20.4. The Bertz CT molecular complexity index is 1060. The van der Waals surface area contributed by atoms with Crippen LogP contribution in [0, 0.1) is 0 Å². The average molecular weight is 397 g/mol. The van der Waals surface area contributed by atoms with E-state index in [2.05, 4.69) is 5.32 Å². The van der Waals surface area contributed by atoms with Gasteiger partial charge in [0.2, 0.25) is 0 Å². The summed E-state index contributed by atoms with van der Waals surface area (Å²) in [7, 11) is 1.56. The second-order valence-electron chi connectivity index (χ2n) is 6.87. The predicted octanol–water partition coefficient (Wildman–Crippen LogP) is 1.94. The van der Waals surface area contributed by atoms with Gasteiger partial charge >= 0.3 is 5.63 Å². The molecule has 7 heteroatoms. The third-order valence-electron chi connectivity index (χ3n) is 4.65. The molecule has 1 amide bonds. The van der Waals surface area contributed by atoms with E-state index < -0.39 is 5.63 Å². The zero-order valence-electron chi connectivity index (χ0n) is 16.5. The summed E-state index contributed by atoms with van der Waals surface area (Å²) in [6.07, 6.45) is 0.886. The van der Waals surface area contributed by atoms with E-state index in [0.717, 1.165) is 28.8 Å². The number of aromatic hydroxyl groups is 1. The van der Waals surface area contributed by atoms with Crippen molar-refractivity contribution in [1.82, 2.24) is 0 Å². The predicted molar refractivity (Wildman–Crippen MR) is 110 cm³/mol. The molecule has 3 N–H and O–H groups in total. The molecular weight excluding hydrogens is 372 g/mol. The average Bonchev–Trinajstić information content (AvgIpc) is 2.68. The Hall–Kier alpha value is -3.32. The number of carbonyl (C=O) groups excluding carboxylic acids is 1. The molecule has 0 fully saturated rings. The molecule has 0 radical (unpaired) electrons. The maximum Gasteiger partial charge on any atom is 0.336 e. The molecule has 0 spiro atoms. The summed E-state index contributed by atoms with van der Waals surface area (Å²) in [5.41, 5.74) is 1.26. The van der Waals surface area contributed by atoms with Crippen LogP contribution in [-0.2, 0) is 11.3 Å². The molecule has 152 valence electrons. The Morgan fingerprint density at radius 1 is 1.21 bits per heavy atom. The van der Waals surface area contributed by atoms with Crippen LogP contribution in [0.5, 0.6) is 11.5 Å². The molecule has 0 aliphatic rings. The molecule has 2 aromatic carbocycles. The second kappa shape index (κ2) is 9.25. The summed E-state index contributed by atoms with van der Waals surface area (Å²) in [5, 5.41) is 13.3. The molecule has 0 aliphatic heterocycles. The molecular formula is C22H25N2O5+. The standard InChI is InChI=1S/C22H24N2O5/c1-3-10-24(14-21(26)23-18-6-4-5-7-19(18)28-2)13-15-11-22(27)29-20-12-16(25)8-9-17(15)20/h4-9,11-12,25H,3,10,13-14H2,1-2H3,(H,23,26)/p+1. The number of fused-ring (bicyclic) bond motifs is 1. The number of para-hydroxylation sites is 2. The number of nitrogens with one attached hydrogen (secondary N) is 2. The van der Waals surface area contributed by atoms with Gasteiger partial charge in [-0.3, -0.25) is 4.79 Å². The highest BCUT2D eigenvalue weighted by molar-refractivity contribution is 5.93. The van der Waals surface area contributed by atoms with Crippen molar-refractivity contribution in [2.75, 3.05) is 25.5 Å². The number of hydrogen-bond acceptors (Lipinski definition) is 5. The van der Waals surface area contributed by atoms with Gasteiger partial charge in [0.05, 0.1) is 19.3 Å². The maximum atomic E-state index is 12.6. The van der Waals surface area contributed by atoms with Crippen LogP contribution in [0.15, 0.2) is 57.7 Å². The van der Waals surface area contributed by atoms with Gasteiger partial charge < -0.3 is 24.5 Å². The van der Waals surface area contributed by atoms with Crippen molar-refractivity contribution in [3.8, 4) is 11.5 Å². The van der Waals surface area contributed by atoms with E-state index in [4.69, 9.17) is 9.15 Å². The number of quaternary nitrogens is 1. The quantitative estimate of drug-likeness (QED) is 0.505. The van der Waals surface area contributed by atoms with E-state index in [9.17, 15) is 14.7 Å². The largest absolute Gasteiger partial charge is 0.508 e. The summed E-state index contributed by atoms with van der Waals surface area (Å²) in [4.78, 5) is 25.6. The highest BCUT2D eigenvalue weighted by atomic mass is 16.5. The van der Waals surface area contributed by atoms with Gasteiger partial charge in [0, 0.05) is 23.1 Å². The molecule has 0 saturated carbocycles. The number of phenols is 1. The maximum absolute atomic E-state index is 12.6. The topological polar surface area (TPSA) is 93.2 Å². The Morgan fingerprint density at radius 3 is 2.76 bits per heavy atom. The minimum atomic E-state index is -0.479. The van der Waals surface area contributed by atoms with Crippen molar-refractivity contribution >= 4 is 22.6 Å². The molecule has 3 rings (SSSR count). The van der Waals surface area contributed by atoms with Gasteiger partial charge in [-0.1, -0.05) is 19.1 Å². The minimum Gasteiger partial charge on any atom is -0.508 e. The zero-order chi connectivity index (χ0) is 20.8. The molecule has 1 aromatic heterocycles. The highest BCUT2D eigenvalue weighted by Gasteiger charge is 2.18. The van der Waals surface area contributed by atoms with E-state index in [1.165, 1.54) is 12.1 Å². The van der Waals surface area contributed by atoms with Crippen molar-refractivity contribution in [2.24, 2.45) is 0 Å². The third-order valence-corrected chi connectivity index (χ3v) is 4.65. The number of phenolic OH excluding ortho intramolecular Hbond substituents is 1. The first-order chi connectivity index (χ1) is 14.0. The SMILES string of the molecule is CCC[NH+](CC(=O)Nc1ccccc1OC)Cc1cc(=O)oc2cc(O)ccc12. The summed E-state index contributed by atoms with van der Waals surface area (Å²) in [5.74, 6) is 0.499. The van der Waals surface area contributed by atoms with Crippen LogP contribution in [0.25, 0.3) is 11.0 Å².